The first-order valence-electron chi connectivity index (χ1n) is 10.8. The van der Waals surface area contributed by atoms with Crippen molar-refractivity contribution in [3.05, 3.63) is 88.8 Å². The van der Waals surface area contributed by atoms with Crippen molar-refractivity contribution in [1.82, 2.24) is 10.2 Å². The topological polar surface area (TPSA) is 57.5 Å². The van der Waals surface area contributed by atoms with Crippen LogP contribution in [0.1, 0.15) is 47.0 Å². The number of carbonyl (C=O) groups excluding carboxylic acids is 1. The van der Waals surface area contributed by atoms with Gasteiger partial charge in [0.05, 0.1) is 22.9 Å². The van der Waals surface area contributed by atoms with E-state index in [-0.39, 0.29) is 11.9 Å². The lowest BCUT2D eigenvalue weighted by atomic mass is 10.1. The Kier molecular flexibility index (Phi) is 7.41. The summed E-state index contributed by atoms with van der Waals surface area (Å²) in [4.78, 5) is 15.0. The van der Waals surface area contributed by atoms with E-state index in [2.05, 4.69) is 27.7 Å². The highest BCUT2D eigenvalue weighted by Crippen LogP contribution is 2.25. The fraction of sp³-hybridized carbons (Fsp3) is 0.320. The summed E-state index contributed by atoms with van der Waals surface area (Å²) < 4.78 is 5.73. The number of amides is 1. The molecule has 0 aliphatic carbocycles. The minimum atomic E-state index is -0.210. The third kappa shape index (κ3) is 5.76. The molecule has 1 aromatic heterocycles. The summed E-state index contributed by atoms with van der Waals surface area (Å²) in [5.74, 6) is 0.800. The summed E-state index contributed by atoms with van der Waals surface area (Å²) in [6.45, 7) is 3.73. The lowest BCUT2D eigenvalue weighted by molar-refractivity contribution is 0.102. The van der Waals surface area contributed by atoms with E-state index < -0.39 is 0 Å². The zero-order chi connectivity index (χ0) is 21.5. The van der Waals surface area contributed by atoms with Crippen LogP contribution in [0.5, 0.6) is 0 Å². The number of halogens is 1. The van der Waals surface area contributed by atoms with Gasteiger partial charge >= 0.3 is 0 Å². The molecule has 162 valence electrons. The second-order valence-corrected chi connectivity index (χ2v) is 8.30. The molecule has 0 unspecified atom stereocenters. The number of benzene rings is 2. The van der Waals surface area contributed by atoms with E-state index in [1.807, 2.05) is 30.3 Å². The average molecular weight is 438 g/mol. The number of carbonyl (C=O) groups is 1. The van der Waals surface area contributed by atoms with Crippen LogP contribution in [0.2, 0.25) is 5.02 Å². The molecule has 2 N–H and O–H groups in total. The molecule has 2 heterocycles. The van der Waals surface area contributed by atoms with E-state index in [0.29, 0.717) is 17.1 Å². The number of piperidine rings is 1. The summed E-state index contributed by atoms with van der Waals surface area (Å²) in [7, 11) is 0. The van der Waals surface area contributed by atoms with Crippen LogP contribution in [0.25, 0.3) is 0 Å². The predicted octanol–water partition coefficient (Wildman–Crippen LogP) is 5.50. The largest absolute Gasteiger partial charge is 0.468 e. The van der Waals surface area contributed by atoms with Crippen LogP contribution in [-0.4, -0.2) is 30.4 Å². The van der Waals surface area contributed by atoms with E-state index in [4.69, 9.17) is 16.0 Å². The van der Waals surface area contributed by atoms with E-state index in [1.165, 1.54) is 19.3 Å². The van der Waals surface area contributed by atoms with Crippen molar-refractivity contribution in [1.29, 1.82) is 0 Å². The minimum Gasteiger partial charge on any atom is -0.468 e. The Balaban J connectivity index is 1.36. The Morgan fingerprint density at radius 2 is 1.87 bits per heavy atom. The molecule has 1 aliphatic heterocycles. The highest BCUT2D eigenvalue weighted by Gasteiger charge is 2.24. The standard InChI is InChI=1S/C25H28ClN3O2/c26-22-11-3-2-10-21(22)25(30)28-20-9-6-8-19(16-20)17-27-18-23(24-12-7-15-31-24)29-13-4-1-5-14-29/h2-3,6-12,15-16,23,27H,1,4-5,13-14,17-18H2,(H,28,30)/t23-/m1/s1. The van der Waals surface area contributed by atoms with Gasteiger partial charge in [-0.05, 0) is 67.9 Å². The summed E-state index contributed by atoms with van der Waals surface area (Å²) in [5, 5.41) is 6.96. The quantitative estimate of drug-likeness (QED) is 0.488. The lowest BCUT2D eigenvalue weighted by Crippen LogP contribution is -2.38. The Morgan fingerprint density at radius 3 is 2.65 bits per heavy atom. The van der Waals surface area contributed by atoms with Gasteiger partial charge in [-0.2, -0.15) is 0 Å². The minimum absolute atomic E-state index is 0.210. The number of likely N-dealkylation sites (tertiary alicyclic amines) is 1. The van der Waals surface area contributed by atoms with Crippen molar-refractivity contribution >= 4 is 23.2 Å². The average Bonchev–Trinajstić information content (AvgIpc) is 3.32. The molecule has 4 rings (SSSR count). The smallest absolute Gasteiger partial charge is 0.257 e. The molecule has 0 radical (unpaired) electrons. The van der Waals surface area contributed by atoms with Gasteiger partial charge in [0.15, 0.2) is 0 Å². The zero-order valence-corrected chi connectivity index (χ0v) is 18.3. The number of nitrogens with zero attached hydrogens (tertiary/aromatic N) is 1. The first-order chi connectivity index (χ1) is 15.2. The molecule has 1 atom stereocenters. The van der Waals surface area contributed by atoms with Gasteiger partial charge in [-0.1, -0.05) is 42.3 Å². The molecule has 0 spiro atoms. The summed E-state index contributed by atoms with van der Waals surface area (Å²) in [6, 6.07) is 19.2. The van der Waals surface area contributed by atoms with Crippen LogP contribution in [0, 0.1) is 0 Å². The van der Waals surface area contributed by atoms with Gasteiger partial charge in [0, 0.05) is 18.8 Å². The molecular weight excluding hydrogens is 410 g/mol. The van der Waals surface area contributed by atoms with Gasteiger partial charge in [0.1, 0.15) is 5.76 Å². The molecular formula is C25H28ClN3O2. The Bertz CT molecular complexity index is 984. The molecule has 5 nitrogen and oxygen atoms in total. The molecule has 1 aliphatic rings. The second-order valence-electron chi connectivity index (χ2n) is 7.89. The van der Waals surface area contributed by atoms with Crippen molar-refractivity contribution in [2.24, 2.45) is 0 Å². The normalized spacial score (nSPS) is 15.5. The van der Waals surface area contributed by atoms with Crippen molar-refractivity contribution in [2.45, 2.75) is 31.8 Å². The third-order valence-corrected chi connectivity index (χ3v) is 6.00. The van der Waals surface area contributed by atoms with Crippen LogP contribution in [0.15, 0.2) is 71.3 Å². The van der Waals surface area contributed by atoms with Crippen LogP contribution in [0.3, 0.4) is 0 Å². The second kappa shape index (κ2) is 10.6. The van der Waals surface area contributed by atoms with Gasteiger partial charge in [-0.3, -0.25) is 9.69 Å². The molecule has 1 fully saturated rings. The number of nitrogens with one attached hydrogen (secondary N) is 2. The van der Waals surface area contributed by atoms with Gasteiger partial charge in [0.25, 0.3) is 5.91 Å². The molecule has 3 aromatic rings. The van der Waals surface area contributed by atoms with E-state index >= 15 is 0 Å². The first-order valence-corrected chi connectivity index (χ1v) is 11.2. The van der Waals surface area contributed by atoms with Crippen molar-refractivity contribution in [3.8, 4) is 0 Å². The molecule has 1 amide bonds. The maximum absolute atomic E-state index is 12.5. The fourth-order valence-electron chi connectivity index (χ4n) is 4.08. The third-order valence-electron chi connectivity index (χ3n) is 5.67. The Morgan fingerprint density at radius 1 is 1.03 bits per heavy atom. The van der Waals surface area contributed by atoms with Crippen LogP contribution in [-0.2, 0) is 6.54 Å². The SMILES string of the molecule is O=C(Nc1cccc(CNC[C@H](c2ccco2)N2CCCCC2)c1)c1ccccc1Cl. The maximum atomic E-state index is 12.5. The summed E-state index contributed by atoms with van der Waals surface area (Å²) in [5.41, 5.74) is 2.33. The monoisotopic (exact) mass is 437 g/mol. The lowest BCUT2D eigenvalue weighted by Gasteiger charge is -2.33. The molecule has 31 heavy (non-hydrogen) atoms. The van der Waals surface area contributed by atoms with Crippen molar-refractivity contribution in [3.63, 3.8) is 0 Å². The van der Waals surface area contributed by atoms with Crippen molar-refractivity contribution in [2.75, 3.05) is 25.0 Å². The van der Waals surface area contributed by atoms with Gasteiger partial charge in [0.2, 0.25) is 0 Å². The first kappa shape index (κ1) is 21.6. The maximum Gasteiger partial charge on any atom is 0.257 e. The molecule has 2 aromatic carbocycles. The summed E-state index contributed by atoms with van der Waals surface area (Å²) in [6.07, 6.45) is 5.54. The summed E-state index contributed by atoms with van der Waals surface area (Å²) >= 11 is 6.14. The zero-order valence-electron chi connectivity index (χ0n) is 17.5. The van der Waals surface area contributed by atoms with E-state index in [9.17, 15) is 4.79 Å². The Labute approximate surface area is 188 Å². The van der Waals surface area contributed by atoms with Crippen LogP contribution < -0.4 is 10.6 Å². The molecule has 0 saturated carbocycles. The number of hydrogen-bond donors (Lipinski definition) is 2. The fourth-order valence-corrected chi connectivity index (χ4v) is 4.30. The van der Waals surface area contributed by atoms with E-state index in [0.717, 1.165) is 36.6 Å². The highest BCUT2D eigenvalue weighted by atomic mass is 35.5. The number of hydrogen-bond acceptors (Lipinski definition) is 4. The molecule has 1 saturated heterocycles. The molecule has 0 bridgehead atoms. The van der Waals surface area contributed by atoms with Crippen molar-refractivity contribution < 1.29 is 9.21 Å². The Hall–Kier alpha value is -2.60. The van der Waals surface area contributed by atoms with Gasteiger partial charge in [-0.25, -0.2) is 0 Å². The highest BCUT2D eigenvalue weighted by molar-refractivity contribution is 6.34. The number of furan rings is 1. The number of anilines is 1. The predicted molar refractivity (Wildman–Crippen MR) is 124 cm³/mol. The molecule has 6 heteroatoms. The number of rotatable bonds is 8. The van der Waals surface area contributed by atoms with E-state index in [1.54, 1.807) is 24.5 Å². The van der Waals surface area contributed by atoms with Crippen LogP contribution >= 0.6 is 11.6 Å². The van der Waals surface area contributed by atoms with Crippen LogP contribution in [0.4, 0.5) is 5.69 Å². The van der Waals surface area contributed by atoms with Gasteiger partial charge in [-0.15, -0.1) is 0 Å². The van der Waals surface area contributed by atoms with Gasteiger partial charge < -0.3 is 15.1 Å².